The van der Waals surface area contributed by atoms with Crippen LogP contribution in [-0.4, -0.2) is 15.0 Å². The molecule has 7 heteroatoms. The van der Waals surface area contributed by atoms with Crippen molar-refractivity contribution in [3.63, 3.8) is 0 Å². The summed E-state index contributed by atoms with van der Waals surface area (Å²) in [5, 5.41) is 0.702. The molecule has 0 aliphatic heterocycles. The Morgan fingerprint density at radius 1 is 1.29 bits per heavy atom. The number of anilines is 1. The average molecular weight is 316 g/mol. The molecular weight excluding hydrogens is 304 g/mol. The number of nitrogens with one attached hydrogen (secondary N) is 1. The second-order valence-corrected chi connectivity index (χ2v) is 7.35. The van der Waals surface area contributed by atoms with Crippen LogP contribution < -0.4 is 11.3 Å². The van der Waals surface area contributed by atoms with Crippen molar-refractivity contribution in [2.75, 3.05) is 5.73 Å². The second kappa shape index (κ2) is 4.85. The predicted molar refractivity (Wildman–Crippen MR) is 85.0 cm³/mol. The number of thiazole rings is 1. The largest absolute Gasteiger partial charge is 0.399 e. The van der Waals surface area contributed by atoms with Gasteiger partial charge in [0.25, 0.3) is 5.56 Å². The summed E-state index contributed by atoms with van der Waals surface area (Å²) in [5.41, 5.74) is 7.33. The highest BCUT2D eigenvalue weighted by molar-refractivity contribution is 8.01. The summed E-state index contributed by atoms with van der Waals surface area (Å²) in [7, 11) is 0. The van der Waals surface area contributed by atoms with E-state index in [1.165, 1.54) is 17.8 Å². The number of rotatable bonds is 3. The third-order valence-corrected chi connectivity index (χ3v) is 5.28. The number of aromatic amines is 1. The van der Waals surface area contributed by atoms with Crippen molar-refractivity contribution in [3.8, 4) is 0 Å². The highest BCUT2D eigenvalue weighted by atomic mass is 32.2. The van der Waals surface area contributed by atoms with Crippen LogP contribution in [0.25, 0.3) is 10.2 Å². The van der Waals surface area contributed by atoms with Gasteiger partial charge in [-0.25, -0.2) is 9.97 Å². The van der Waals surface area contributed by atoms with Gasteiger partial charge in [0, 0.05) is 17.7 Å². The second-order valence-electron chi connectivity index (χ2n) is 5.05. The molecule has 21 heavy (non-hydrogen) atoms. The maximum atomic E-state index is 11.7. The van der Waals surface area contributed by atoms with Gasteiger partial charge in [0.15, 0.2) is 4.34 Å². The molecule has 5 nitrogen and oxygen atoms in total. The van der Waals surface area contributed by atoms with E-state index in [2.05, 4.69) is 15.0 Å². The molecule has 2 aromatic heterocycles. The molecule has 1 saturated carbocycles. The number of hydrogen-bond acceptors (Lipinski definition) is 6. The van der Waals surface area contributed by atoms with E-state index in [1.54, 1.807) is 11.3 Å². The summed E-state index contributed by atoms with van der Waals surface area (Å²) in [6, 6.07) is 7.19. The fraction of sp³-hybridized carbons (Fsp3) is 0.214. The van der Waals surface area contributed by atoms with E-state index in [9.17, 15) is 4.79 Å². The average Bonchev–Trinajstić information content (AvgIpc) is 3.20. The van der Waals surface area contributed by atoms with Gasteiger partial charge >= 0.3 is 0 Å². The normalized spacial score (nSPS) is 14.7. The molecule has 0 spiro atoms. The highest BCUT2D eigenvalue weighted by Gasteiger charge is 2.26. The molecule has 0 unspecified atom stereocenters. The molecule has 3 N–H and O–H groups in total. The Balaban J connectivity index is 1.69. The van der Waals surface area contributed by atoms with Gasteiger partial charge in [0.2, 0.25) is 0 Å². The minimum atomic E-state index is -0.0974. The molecule has 106 valence electrons. The predicted octanol–water partition coefficient (Wildman–Crippen LogP) is 2.99. The molecule has 4 rings (SSSR count). The van der Waals surface area contributed by atoms with Crippen LogP contribution in [0.3, 0.4) is 0 Å². The van der Waals surface area contributed by atoms with Crippen molar-refractivity contribution in [2.45, 2.75) is 28.1 Å². The maximum absolute atomic E-state index is 11.7. The zero-order valence-corrected chi connectivity index (χ0v) is 12.6. The number of benzene rings is 1. The molecule has 0 amide bonds. The van der Waals surface area contributed by atoms with Crippen molar-refractivity contribution in [2.24, 2.45) is 0 Å². The quantitative estimate of drug-likeness (QED) is 0.573. The number of fused-ring (bicyclic) bond motifs is 1. The van der Waals surface area contributed by atoms with Crippen LogP contribution in [0.4, 0.5) is 5.69 Å². The van der Waals surface area contributed by atoms with Gasteiger partial charge in [0.1, 0.15) is 10.9 Å². The summed E-state index contributed by atoms with van der Waals surface area (Å²) in [4.78, 5) is 23.6. The number of nitrogens with zero attached hydrogens (tertiary/aromatic N) is 2. The lowest BCUT2D eigenvalue weighted by molar-refractivity contribution is 0.859. The van der Waals surface area contributed by atoms with Gasteiger partial charge in [0.05, 0.1) is 10.2 Å². The standard InChI is InChI=1S/C14H12N4OS2/c15-8-3-4-9-10(5-8)20-14(16-9)21-12-6-11(19)17-13(18-12)7-1-2-7/h3-7H,1-2,15H2,(H,17,18,19). The minimum absolute atomic E-state index is 0.0974. The summed E-state index contributed by atoms with van der Waals surface area (Å²) in [5.74, 6) is 1.23. The van der Waals surface area contributed by atoms with E-state index >= 15 is 0 Å². The Bertz CT molecular complexity index is 882. The summed E-state index contributed by atoms with van der Waals surface area (Å²) < 4.78 is 1.92. The topological polar surface area (TPSA) is 84.7 Å². The molecule has 0 bridgehead atoms. The molecule has 1 fully saturated rings. The van der Waals surface area contributed by atoms with Gasteiger partial charge in [-0.1, -0.05) is 0 Å². The molecular formula is C14H12N4OS2. The van der Waals surface area contributed by atoms with Crippen LogP contribution in [0.15, 0.2) is 38.4 Å². The molecule has 0 atom stereocenters. The van der Waals surface area contributed by atoms with Crippen LogP contribution in [0, 0.1) is 0 Å². The fourth-order valence-electron chi connectivity index (χ4n) is 2.11. The maximum Gasteiger partial charge on any atom is 0.252 e. The van der Waals surface area contributed by atoms with E-state index in [0.717, 1.165) is 38.9 Å². The van der Waals surface area contributed by atoms with E-state index in [0.29, 0.717) is 10.9 Å². The van der Waals surface area contributed by atoms with E-state index in [-0.39, 0.29) is 5.56 Å². The first-order valence-corrected chi connectivity index (χ1v) is 8.26. The van der Waals surface area contributed by atoms with Crippen LogP contribution in [0.1, 0.15) is 24.6 Å². The first-order valence-electron chi connectivity index (χ1n) is 6.62. The SMILES string of the molecule is Nc1ccc2nc(Sc3cc(=O)[nH]c(C4CC4)n3)sc2c1. The summed E-state index contributed by atoms with van der Waals surface area (Å²) in [6.45, 7) is 0. The van der Waals surface area contributed by atoms with Crippen molar-refractivity contribution in [3.05, 3.63) is 40.4 Å². The van der Waals surface area contributed by atoms with Gasteiger partial charge in [-0.05, 0) is 42.8 Å². The summed E-state index contributed by atoms with van der Waals surface area (Å²) >= 11 is 2.99. The first kappa shape index (κ1) is 12.8. The zero-order valence-electron chi connectivity index (χ0n) is 11.0. The lowest BCUT2D eigenvalue weighted by Gasteiger charge is -2.00. The van der Waals surface area contributed by atoms with Gasteiger partial charge in [-0.2, -0.15) is 0 Å². The molecule has 1 aliphatic rings. The zero-order chi connectivity index (χ0) is 14.4. The van der Waals surface area contributed by atoms with E-state index < -0.39 is 0 Å². The van der Waals surface area contributed by atoms with Crippen LogP contribution in [0.2, 0.25) is 0 Å². The number of nitrogen functional groups attached to an aromatic ring is 1. The molecule has 1 aliphatic carbocycles. The van der Waals surface area contributed by atoms with E-state index in [4.69, 9.17) is 5.73 Å². The molecule has 1 aromatic carbocycles. The Labute approximate surface area is 128 Å². The van der Waals surface area contributed by atoms with Crippen molar-refractivity contribution in [1.82, 2.24) is 15.0 Å². The third-order valence-electron chi connectivity index (χ3n) is 3.29. The highest BCUT2D eigenvalue weighted by Crippen LogP contribution is 2.39. The van der Waals surface area contributed by atoms with Gasteiger partial charge in [-0.3, -0.25) is 4.79 Å². The monoisotopic (exact) mass is 316 g/mol. The van der Waals surface area contributed by atoms with Gasteiger partial charge < -0.3 is 10.7 Å². The van der Waals surface area contributed by atoms with E-state index in [1.807, 2.05) is 18.2 Å². The molecule has 0 saturated heterocycles. The minimum Gasteiger partial charge on any atom is -0.399 e. The Morgan fingerprint density at radius 3 is 2.95 bits per heavy atom. The Hall–Kier alpha value is -1.86. The van der Waals surface area contributed by atoms with Crippen LogP contribution >= 0.6 is 23.1 Å². The smallest absolute Gasteiger partial charge is 0.252 e. The van der Waals surface area contributed by atoms with Crippen molar-refractivity contribution in [1.29, 1.82) is 0 Å². The molecule has 0 radical (unpaired) electrons. The van der Waals surface area contributed by atoms with Crippen molar-refractivity contribution < 1.29 is 0 Å². The number of aromatic nitrogens is 3. The van der Waals surface area contributed by atoms with Crippen molar-refractivity contribution >= 4 is 39.0 Å². The summed E-state index contributed by atoms with van der Waals surface area (Å²) in [6.07, 6.45) is 2.22. The van der Waals surface area contributed by atoms with Gasteiger partial charge in [-0.15, -0.1) is 11.3 Å². The van der Waals surface area contributed by atoms with Crippen LogP contribution in [0.5, 0.6) is 0 Å². The number of H-pyrrole nitrogens is 1. The lowest BCUT2D eigenvalue weighted by Crippen LogP contribution is -2.09. The molecule has 3 aromatic rings. The number of hydrogen-bond donors (Lipinski definition) is 2. The Morgan fingerprint density at radius 2 is 2.14 bits per heavy atom. The number of nitrogens with two attached hydrogens (primary N) is 1. The lowest BCUT2D eigenvalue weighted by atomic mass is 10.3. The molecule has 2 heterocycles. The first-order chi connectivity index (χ1) is 10.2. The Kier molecular flexibility index (Phi) is 2.97. The van der Waals surface area contributed by atoms with Crippen LogP contribution in [-0.2, 0) is 0 Å². The third kappa shape index (κ3) is 2.66. The fourth-order valence-corrected chi connectivity index (χ4v) is 4.18.